The van der Waals surface area contributed by atoms with Gasteiger partial charge in [-0.15, -0.1) is 0 Å². The summed E-state index contributed by atoms with van der Waals surface area (Å²) in [5.74, 6) is 0. The first kappa shape index (κ1) is 13.2. The van der Waals surface area contributed by atoms with E-state index >= 15 is 0 Å². The van der Waals surface area contributed by atoms with Crippen LogP contribution in [-0.2, 0) is 11.3 Å². The van der Waals surface area contributed by atoms with Crippen molar-refractivity contribution in [3.63, 3.8) is 0 Å². The summed E-state index contributed by atoms with van der Waals surface area (Å²) in [5, 5.41) is 0. The number of nitrogens with zero attached hydrogens (tertiary/aromatic N) is 1. The van der Waals surface area contributed by atoms with Gasteiger partial charge in [0, 0.05) is 13.1 Å². The normalized spacial score (nSPS) is 20.3. The fourth-order valence-electron chi connectivity index (χ4n) is 1.82. The molecule has 0 aliphatic carbocycles. The molecular weight excluding hydrogens is 198 g/mol. The van der Waals surface area contributed by atoms with Crippen LogP contribution in [-0.4, -0.2) is 31.1 Å². The molecule has 1 atom stereocenters. The lowest BCUT2D eigenvalue weighted by Crippen LogP contribution is -2.18. The summed E-state index contributed by atoms with van der Waals surface area (Å²) in [6, 6.07) is 10.4. The topological polar surface area (TPSA) is 12.5 Å². The third-order valence-corrected chi connectivity index (χ3v) is 2.68. The van der Waals surface area contributed by atoms with Gasteiger partial charge in [-0.3, -0.25) is 0 Å². The van der Waals surface area contributed by atoms with Gasteiger partial charge in [-0.2, -0.15) is 0 Å². The Morgan fingerprint density at radius 3 is 2.50 bits per heavy atom. The second-order valence-electron chi connectivity index (χ2n) is 3.97. The monoisotopic (exact) mass is 221 g/mol. The Hall–Kier alpha value is -0.860. The van der Waals surface area contributed by atoms with E-state index in [1.165, 1.54) is 18.5 Å². The molecule has 0 bridgehead atoms. The van der Waals surface area contributed by atoms with Crippen molar-refractivity contribution in [1.29, 1.82) is 0 Å². The number of hydrogen-bond donors (Lipinski definition) is 0. The SMILES string of the molecule is CC.CN1CCC(OCc2ccccc2)C1. The molecule has 0 N–H and O–H groups in total. The Morgan fingerprint density at radius 1 is 1.25 bits per heavy atom. The minimum atomic E-state index is 0.431. The van der Waals surface area contributed by atoms with Gasteiger partial charge in [0.2, 0.25) is 0 Å². The predicted molar refractivity (Wildman–Crippen MR) is 68.5 cm³/mol. The minimum absolute atomic E-state index is 0.431. The summed E-state index contributed by atoms with van der Waals surface area (Å²) in [4.78, 5) is 2.32. The van der Waals surface area contributed by atoms with Crippen molar-refractivity contribution in [1.82, 2.24) is 4.90 Å². The Morgan fingerprint density at radius 2 is 1.94 bits per heavy atom. The lowest BCUT2D eigenvalue weighted by Gasteiger charge is -2.11. The average molecular weight is 221 g/mol. The number of rotatable bonds is 3. The molecule has 16 heavy (non-hydrogen) atoms. The van der Waals surface area contributed by atoms with Crippen LogP contribution in [0.3, 0.4) is 0 Å². The van der Waals surface area contributed by atoms with Crippen LogP contribution in [0.2, 0.25) is 0 Å². The number of likely N-dealkylation sites (tertiary alicyclic amines) is 1. The van der Waals surface area contributed by atoms with Crippen molar-refractivity contribution in [3.05, 3.63) is 35.9 Å². The van der Waals surface area contributed by atoms with Crippen LogP contribution in [0.4, 0.5) is 0 Å². The van der Waals surface area contributed by atoms with E-state index in [0.717, 1.165) is 13.2 Å². The van der Waals surface area contributed by atoms with Crippen LogP contribution in [0.1, 0.15) is 25.8 Å². The van der Waals surface area contributed by atoms with Crippen molar-refractivity contribution in [2.45, 2.75) is 33.0 Å². The lowest BCUT2D eigenvalue weighted by atomic mass is 10.2. The van der Waals surface area contributed by atoms with Crippen molar-refractivity contribution in [2.24, 2.45) is 0 Å². The second kappa shape index (κ2) is 7.42. The highest BCUT2D eigenvalue weighted by Crippen LogP contribution is 2.12. The van der Waals surface area contributed by atoms with Crippen LogP contribution < -0.4 is 0 Å². The smallest absolute Gasteiger partial charge is 0.0721 e. The molecule has 90 valence electrons. The Bertz CT molecular complexity index is 273. The molecule has 0 saturated carbocycles. The maximum absolute atomic E-state index is 5.82. The van der Waals surface area contributed by atoms with Gasteiger partial charge in [0.15, 0.2) is 0 Å². The first-order valence-electron chi connectivity index (χ1n) is 6.18. The fraction of sp³-hybridized carbons (Fsp3) is 0.571. The van der Waals surface area contributed by atoms with E-state index in [9.17, 15) is 0 Å². The highest BCUT2D eigenvalue weighted by atomic mass is 16.5. The molecule has 0 radical (unpaired) electrons. The Kier molecular flexibility index (Phi) is 6.12. The van der Waals surface area contributed by atoms with Gasteiger partial charge in [-0.1, -0.05) is 44.2 Å². The van der Waals surface area contributed by atoms with Gasteiger partial charge in [0.05, 0.1) is 12.7 Å². The van der Waals surface area contributed by atoms with Gasteiger partial charge >= 0.3 is 0 Å². The Balaban J connectivity index is 0.000000606. The Labute approximate surface area is 99.2 Å². The van der Waals surface area contributed by atoms with E-state index in [0.29, 0.717) is 6.10 Å². The molecule has 2 rings (SSSR count). The number of ether oxygens (including phenoxy) is 1. The number of likely N-dealkylation sites (N-methyl/N-ethyl adjacent to an activating group) is 1. The summed E-state index contributed by atoms with van der Waals surface area (Å²) < 4.78 is 5.82. The van der Waals surface area contributed by atoms with E-state index in [1.54, 1.807) is 0 Å². The van der Waals surface area contributed by atoms with Crippen LogP contribution in [0.5, 0.6) is 0 Å². The minimum Gasteiger partial charge on any atom is -0.372 e. The van der Waals surface area contributed by atoms with E-state index < -0.39 is 0 Å². The largest absolute Gasteiger partial charge is 0.372 e. The van der Waals surface area contributed by atoms with Crippen LogP contribution in [0.25, 0.3) is 0 Å². The molecule has 2 nitrogen and oxygen atoms in total. The highest BCUT2D eigenvalue weighted by Gasteiger charge is 2.19. The quantitative estimate of drug-likeness (QED) is 0.778. The molecule has 1 unspecified atom stereocenters. The van der Waals surface area contributed by atoms with Crippen LogP contribution in [0.15, 0.2) is 30.3 Å². The standard InChI is InChI=1S/C12H17NO.C2H6/c1-13-8-7-12(9-13)14-10-11-5-3-2-4-6-11;1-2/h2-6,12H,7-10H2,1H3;1-2H3. The predicted octanol–water partition coefficient (Wildman–Crippen LogP) is 2.93. The van der Waals surface area contributed by atoms with Crippen LogP contribution in [0, 0.1) is 0 Å². The van der Waals surface area contributed by atoms with Gasteiger partial charge in [-0.05, 0) is 19.0 Å². The molecule has 1 saturated heterocycles. The first-order valence-corrected chi connectivity index (χ1v) is 6.18. The van der Waals surface area contributed by atoms with Crippen molar-refractivity contribution in [3.8, 4) is 0 Å². The molecule has 0 aromatic heterocycles. The van der Waals surface area contributed by atoms with E-state index in [1.807, 2.05) is 19.9 Å². The van der Waals surface area contributed by atoms with E-state index in [-0.39, 0.29) is 0 Å². The van der Waals surface area contributed by atoms with Crippen LogP contribution >= 0.6 is 0 Å². The average Bonchev–Trinajstić information content (AvgIpc) is 2.77. The molecule has 1 fully saturated rings. The van der Waals surface area contributed by atoms with Gasteiger partial charge in [0.25, 0.3) is 0 Å². The first-order chi connectivity index (χ1) is 7.84. The zero-order valence-corrected chi connectivity index (χ0v) is 10.6. The maximum Gasteiger partial charge on any atom is 0.0721 e. The maximum atomic E-state index is 5.82. The highest BCUT2D eigenvalue weighted by molar-refractivity contribution is 5.13. The van der Waals surface area contributed by atoms with E-state index in [4.69, 9.17) is 4.74 Å². The second-order valence-corrected chi connectivity index (χ2v) is 3.97. The molecule has 1 aliphatic rings. The third kappa shape index (κ3) is 4.33. The third-order valence-electron chi connectivity index (χ3n) is 2.68. The molecule has 2 heteroatoms. The molecular formula is C14H23NO. The summed E-state index contributed by atoms with van der Waals surface area (Å²) in [7, 11) is 2.14. The number of benzene rings is 1. The van der Waals surface area contributed by atoms with Crippen molar-refractivity contribution in [2.75, 3.05) is 20.1 Å². The molecule has 1 heterocycles. The molecule has 1 aliphatic heterocycles. The van der Waals surface area contributed by atoms with Crippen molar-refractivity contribution < 1.29 is 4.74 Å². The molecule has 0 amide bonds. The summed E-state index contributed by atoms with van der Waals surface area (Å²) in [6.07, 6.45) is 1.60. The molecule has 0 spiro atoms. The molecule has 1 aromatic carbocycles. The summed E-state index contributed by atoms with van der Waals surface area (Å²) in [6.45, 7) is 6.99. The summed E-state index contributed by atoms with van der Waals surface area (Å²) >= 11 is 0. The number of hydrogen-bond acceptors (Lipinski definition) is 2. The zero-order chi connectivity index (χ0) is 11.8. The van der Waals surface area contributed by atoms with E-state index in [2.05, 4.69) is 36.2 Å². The summed E-state index contributed by atoms with van der Waals surface area (Å²) in [5.41, 5.74) is 1.27. The lowest BCUT2D eigenvalue weighted by molar-refractivity contribution is 0.0483. The fourth-order valence-corrected chi connectivity index (χ4v) is 1.82. The van der Waals surface area contributed by atoms with Gasteiger partial charge in [-0.25, -0.2) is 0 Å². The molecule has 1 aromatic rings. The van der Waals surface area contributed by atoms with Crippen molar-refractivity contribution >= 4 is 0 Å². The zero-order valence-electron chi connectivity index (χ0n) is 10.6. The van der Waals surface area contributed by atoms with Gasteiger partial charge < -0.3 is 9.64 Å². The van der Waals surface area contributed by atoms with Gasteiger partial charge in [0.1, 0.15) is 0 Å².